The average Bonchev–Trinajstić information content (AvgIpc) is 3.26. The van der Waals surface area contributed by atoms with Gasteiger partial charge in [-0.05, 0) is 42.8 Å². The van der Waals surface area contributed by atoms with Gasteiger partial charge >= 0.3 is 12.0 Å². The van der Waals surface area contributed by atoms with Crippen molar-refractivity contribution in [3.63, 3.8) is 0 Å². The molecular formula is C21H20N2O8. The molecule has 0 bridgehead atoms. The number of carbonyl (C=O) groups excluding carboxylic acids is 4. The maximum absolute atomic E-state index is 12.8. The summed E-state index contributed by atoms with van der Waals surface area (Å²) in [7, 11) is 1.41. The zero-order valence-electron chi connectivity index (χ0n) is 16.9. The molecule has 0 radical (unpaired) electrons. The number of carbonyl (C=O) groups is 4. The van der Waals surface area contributed by atoms with E-state index in [1.54, 1.807) is 25.1 Å². The number of hydrogen-bond donors (Lipinski definition) is 1. The van der Waals surface area contributed by atoms with E-state index >= 15 is 0 Å². The van der Waals surface area contributed by atoms with Crippen LogP contribution in [0.1, 0.15) is 18.2 Å². The number of methoxy groups -OCH3 is 1. The maximum atomic E-state index is 12.8. The number of esters is 1. The fourth-order valence-corrected chi connectivity index (χ4v) is 2.80. The lowest BCUT2D eigenvalue weighted by Crippen LogP contribution is -2.53. The van der Waals surface area contributed by atoms with Crippen LogP contribution in [0.3, 0.4) is 0 Å². The van der Waals surface area contributed by atoms with Gasteiger partial charge in [0.2, 0.25) is 0 Å². The molecule has 10 heteroatoms. The first-order chi connectivity index (χ1) is 14.9. The van der Waals surface area contributed by atoms with Gasteiger partial charge in [-0.25, -0.2) is 9.59 Å². The van der Waals surface area contributed by atoms with Crippen molar-refractivity contribution in [1.29, 1.82) is 0 Å². The number of hydrogen-bond acceptors (Lipinski definition) is 8. The number of urea groups is 1. The molecule has 1 aliphatic rings. The fraction of sp³-hybridized carbons (Fsp3) is 0.238. The van der Waals surface area contributed by atoms with Crippen molar-refractivity contribution in [1.82, 2.24) is 10.2 Å². The quantitative estimate of drug-likeness (QED) is 0.384. The summed E-state index contributed by atoms with van der Waals surface area (Å²) in [5.74, 6) is -1.14. The molecule has 10 nitrogen and oxygen atoms in total. The van der Waals surface area contributed by atoms with Crippen LogP contribution in [0.2, 0.25) is 0 Å². The molecule has 4 amide bonds. The highest BCUT2D eigenvalue weighted by Gasteiger charge is 2.36. The second-order valence-electron chi connectivity index (χ2n) is 6.29. The highest BCUT2D eigenvalue weighted by Crippen LogP contribution is 2.29. The van der Waals surface area contributed by atoms with Crippen LogP contribution in [-0.2, 0) is 25.7 Å². The van der Waals surface area contributed by atoms with E-state index in [9.17, 15) is 19.2 Å². The van der Waals surface area contributed by atoms with Crippen molar-refractivity contribution in [3.05, 3.63) is 53.5 Å². The number of amides is 4. The first-order valence-corrected chi connectivity index (χ1v) is 9.30. The van der Waals surface area contributed by atoms with E-state index in [-0.39, 0.29) is 36.8 Å². The SMILES string of the molecule is CCOC(=O)COc1ccc(C=C2C(=O)NC(=O)N(Cc3ccco3)C2=O)cc1OC. The monoisotopic (exact) mass is 428 g/mol. The third-order valence-corrected chi connectivity index (χ3v) is 4.23. The van der Waals surface area contributed by atoms with Crippen LogP contribution in [0.4, 0.5) is 4.79 Å². The van der Waals surface area contributed by atoms with E-state index in [2.05, 4.69) is 5.32 Å². The van der Waals surface area contributed by atoms with Crippen LogP contribution in [0.15, 0.2) is 46.6 Å². The Morgan fingerprint density at radius 3 is 2.68 bits per heavy atom. The Bertz CT molecular complexity index is 1030. The van der Waals surface area contributed by atoms with E-state index in [1.165, 1.54) is 31.6 Å². The second kappa shape index (κ2) is 9.61. The summed E-state index contributed by atoms with van der Waals surface area (Å²) < 4.78 is 20.6. The zero-order chi connectivity index (χ0) is 22.4. The van der Waals surface area contributed by atoms with Crippen molar-refractivity contribution in [2.24, 2.45) is 0 Å². The van der Waals surface area contributed by atoms with Crippen LogP contribution >= 0.6 is 0 Å². The van der Waals surface area contributed by atoms with Crippen molar-refractivity contribution < 1.29 is 37.8 Å². The molecular weight excluding hydrogens is 408 g/mol. The van der Waals surface area contributed by atoms with Gasteiger partial charge in [0, 0.05) is 0 Å². The molecule has 1 saturated heterocycles. The van der Waals surface area contributed by atoms with Gasteiger partial charge in [0.15, 0.2) is 18.1 Å². The molecule has 0 unspecified atom stereocenters. The van der Waals surface area contributed by atoms with Gasteiger partial charge in [0.25, 0.3) is 11.8 Å². The predicted molar refractivity (Wildman–Crippen MR) is 106 cm³/mol. The van der Waals surface area contributed by atoms with Crippen molar-refractivity contribution >= 4 is 29.9 Å². The summed E-state index contributed by atoms with van der Waals surface area (Å²) in [4.78, 5) is 49.4. The number of benzene rings is 1. The molecule has 1 aromatic carbocycles. The average molecular weight is 428 g/mol. The van der Waals surface area contributed by atoms with E-state index in [4.69, 9.17) is 18.6 Å². The molecule has 0 spiro atoms. The number of rotatable bonds is 8. The Kier molecular flexibility index (Phi) is 6.71. The zero-order valence-corrected chi connectivity index (χ0v) is 16.9. The van der Waals surface area contributed by atoms with Gasteiger partial charge in [0.05, 0.1) is 26.5 Å². The van der Waals surface area contributed by atoms with Gasteiger partial charge in [-0.1, -0.05) is 6.07 Å². The minimum atomic E-state index is -0.830. The summed E-state index contributed by atoms with van der Waals surface area (Å²) in [6.07, 6.45) is 2.75. The van der Waals surface area contributed by atoms with Crippen LogP contribution in [0.25, 0.3) is 6.08 Å². The number of furan rings is 1. The Hall–Kier alpha value is -4.08. The number of nitrogens with zero attached hydrogens (tertiary/aromatic N) is 1. The van der Waals surface area contributed by atoms with E-state index in [0.717, 1.165) is 4.90 Å². The Labute approximate surface area is 177 Å². The third-order valence-electron chi connectivity index (χ3n) is 4.23. The van der Waals surface area contributed by atoms with E-state index in [0.29, 0.717) is 11.3 Å². The first kappa shape index (κ1) is 21.6. The molecule has 1 aliphatic heterocycles. The molecule has 1 N–H and O–H groups in total. The summed E-state index contributed by atoms with van der Waals surface area (Å²) >= 11 is 0. The van der Waals surface area contributed by atoms with E-state index < -0.39 is 23.8 Å². The minimum absolute atomic E-state index is 0.119. The number of barbiturate groups is 1. The maximum Gasteiger partial charge on any atom is 0.344 e. The van der Waals surface area contributed by atoms with Crippen LogP contribution < -0.4 is 14.8 Å². The summed E-state index contributed by atoms with van der Waals surface area (Å²) in [6.45, 7) is 1.51. The molecule has 0 aliphatic carbocycles. The highest BCUT2D eigenvalue weighted by molar-refractivity contribution is 6.30. The molecule has 31 heavy (non-hydrogen) atoms. The van der Waals surface area contributed by atoms with Crippen molar-refractivity contribution in [3.8, 4) is 11.5 Å². The van der Waals surface area contributed by atoms with Gasteiger partial charge < -0.3 is 18.6 Å². The number of ether oxygens (including phenoxy) is 3. The minimum Gasteiger partial charge on any atom is -0.493 e. The Balaban J connectivity index is 1.81. The van der Waals surface area contributed by atoms with Crippen LogP contribution in [0.5, 0.6) is 11.5 Å². The molecule has 2 aromatic rings. The largest absolute Gasteiger partial charge is 0.493 e. The molecule has 0 saturated carbocycles. The topological polar surface area (TPSA) is 124 Å². The highest BCUT2D eigenvalue weighted by atomic mass is 16.6. The van der Waals surface area contributed by atoms with Crippen molar-refractivity contribution in [2.75, 3.05) is 20.3 Å². The number of nitrogens with one attached hydrogen (secondary N) is 1. The molecule has 3 rings (SSSR count). The van der Waals surface area contributed by atoms with Gasteiger partial charge in [-0.15, -0.1) is 0 Å². The number of imide groups is 2. The van der Waals surface area contributed by atoms with E-state index in [1.807, 2.05) is 0 Å². The predicted octanol–water partition coefficient (Wildman–Crippen LogP) is 1.89. The summed E-state index contributed by atoms with van der Waals surface area (Å²) in [5, 5.41) is 2.14. The standard InChI is InChI=1S/C21H20N2O8/c1-3-29-18(24)12-31-16-7-6-13(10-17(16)28-2)9-15-19(25)22-21(27)23(20(15)26)11-14-5-4-8-30-14/h4-10H,3,11-12H2,1-2H3,(H,22,25,27). The smallest absolute Gasteiger partial charge is 0.344 e. The molecule has 2 heterocycles. The molecule has 162 valence electrons. The Morgan fingerprint density at radius 1 is 1.19 bits per heavy atom. The molecule has 1 aromatic heterocycles. The summed E-state index contributed by atoms with van der Waals surface area (Å²) in [6, 6.07) is 7.04. The normalized spacial score (nSPS) is 15.1. The van der Waals surface area contributed by atoms with Crippen molar-refractivity contribution in [2.45, 2.75) is 13.5 Å². The van der Waals surface area contributed by atoms with Gasteiger partial charge in [-0.2, -0.15) is 0 Å². The lowest BCUT2D eigenvalue weighted by molar-refractivity contribution is -0.145. The lowest BCUT2D eigenvalue weighted by Gasteiger charge is -2.25. The van der Waals surface area contributed by atoms with Gasteiger partial charge in [0.1, 0.15) is 11.3 Å². The lowest BCUT2D eigenvalue weighted by atomic mass is 10.1. The Morgan fingerprint density at radius 2 is 2.00 bits per heavy atom. The fourth-order valence-electron chi connectivity index (χ4n) is 2.80. The third kappa shape index (κ3) is 5.10. The van der Waals surface area contributed by atoms with Crippen LogP contribution in [0, 0.1) is 0 Å². The second-order valence-corrected chi connectivity index (χ2v) is 6.29. The van der Waals surface area contributed by atoms with Crippen LogP contribution in [-0.4, -0.2) is 49.0 Å². The summed E-state index contributed by atoms with van der Waals surface area (Å²) in [5.41, 5.74) is 0.222. The molecule has 0 atom stereocenters. The first-order valence-electron chi connectivity index (χ1n) is 9.30. The van der Waals surface area contributed by atoms with Gasteiger partial charge in [-0.3, -0.25) is 19.8 Å². The molecule has 1 fully saturated rings.